The molecule has 1 N–H and O–H groups in total. The summed E-state index contributed by atoms with van der Waals surface area (Å²) in [6, 6.07) is 0. The van der Waals surface area contributed by atoms with Gasteiger partial charge in [-0.3, -0.25) is 0 Å². The molecule has 0 bridgehead atoms. The van der Waals surface area contributed by atoms with E-state index in [-0.39, 0.29) is 6.10 Å². The fourth-order valence-corrected chi connectivity index (χ4v) is 5.15. The van der Waals surface area contributed by atoms with Crippen LogP contribution in [0, 0.1) is 23.7 Å². The number of aliphatic hydroxyl groups is 1. The first kappa shape index (κ1) is 17.2. The fourth-order valence-electron chi connectivity index (χ4n) is 4.59. The molecule has 1 heterocycles. The van der Waals surface area contributed by atoms with Crippen molar-refractivity contribution in [2.75, 3.05) is 6.61 Å². The second-order valence-corrected chi connectivity index (χ2v) is 9.10. The highest BCUT2D eigenvalue weighted by Crippen LogP contribution is 2.40. The molecule has 126 valence electrons. The topological polar surface area (TPSA) is 29.5 Å². The van der Waals surface area contributed by atoms with Crippen LogP contribution in [0.1, 0.15) is 64.2 Å². The first-order valence-corrected chi connectivity index (χ1v) is 10.6. The Bertz CT molecular complexity index is 346. The molecule has 1 saturated heterocycles. The van der Waals surface area contributed by atoms with Crippen LogP contribution in [-0.4, -0.2) is 21.9 Å². The van der Waals surface area contributed by atoms with Crippen molar-refractivity contribution in [3.05, 3.63) is 12.2 Å². The van der Waals surface area contributed by atoms with Crippen molar-refractivity contribution >= 4 is 22.6 Å². The molecule has 0 aromatic rings. The second-order valence-electron chi connectivity index (χ2n) is 7.71. The Morgan fingerprint density at radius 2 is 1.27 bits per heavy atom. The number of hydrogen-bond acceptors (Lipinski definition) is 2. The molecule has 3 heteroatoms. The molecule has 3 aliphatic rings. The molecule has 2 nitrogen and oxygen atoms in total. The molecule has 0 amide bonds. The van der Waals surface area contributed by atoms with Crippen molar-refractivity contribution in [3.8, 4) is 0 Å². The largest absolute Gasteiger partial charge is 0.393 e. The zero-order valence-corrected chi connectivity index (χ0v) is 15.8. The molecule has 2 saturated carbocycles. The lowest BCUT2D eigenvalue weighted by atomic mass is 9.70. The zero-order valence-electron chi connectivity index (χ0n) is 13.6. The van der Waals surface area contributed by atoms with Gasteiger partial charge in [-0.25, -0.2) is 0 Å². The first-order valence-electron chi connectivity index (χ1n) is 9.32. The van der Waals surface area contributed by atoms with Crippen LogP contribution < -0.4 is 0 Å². The predicted octanol–water partition coefficient (Wildman–Crippen LogP) is 5.09. The third-order valence-electron chi connectivity index (χ3n) is 6.14. The highest BCUT2D eigenvalue weighted by atomic mass is 127. The minimum Gasteiger partial charge on any atom is -0.393 e. The Morgan fingerprint density at radius 3 is 1.86 bits per heavy atom. The molecular weight excluding hydrogens is 387 g/mol. The molecule has 0 aromatic heterocycles. The van der Waals surface area contributed by atoms with E-state index >= 15 is 0 Å². The molecule has 2 unspecified atom stereocenters. The van der Waals surface area contributed by atoms with Crippen LogP contribution in [0.3, 0.4) is 0 Å². The van der Waals surface area contributed by atoms with E-state index < -0.39 is 0 Å². The minimum absolute atomic E-state index is 0.00428. The molecule has 3 fully saturated rings. The highest BCUT2D eigenvalue weighted by Gasteiger charge is 2.29. The normalized spacial score (nSPS) is 44.3. The van der Waals surface area contributed by atoms with E-state index in [1.165, 1.54) is 51.4 Å². The molecule has 0 spiro atoms. The van der Waals surface area contributed by atoms with E-state index in [1.54, 1.807) is 0 Å². The van der Waals surface area contributed by atoms with Gasteiger partial charge in [0.1, 0.15) is 4.11 Å². The Morgan fingerprint density at radius 1 is 0.727 bits per heavy atom. The fraction of sp³-hybridized carbons (Fsp3) is 0.895. The maximum Gasteiger partial charge on any atom is 0.108 e. The SMILES string of the molecule is OC1CCC(C2CCC(/C=C/C3CCC(I)OC3)CC2)CC1. The second kappa shape index (κ2) is 8.48. The van der Waals surface area contributed by atoms with Crippen molar-refractivity contribution in [1.29, 1.82) is 0 Å². The van der Waals surface area contributed by atoms with Gasteiger partial charge in [0.2, 0.25) is 0 Å². The van der Waals surface area contributed by atoms with E-state index in [0.29, 0.717) is 10.0 Å². The standard InChI is InChI=1S/C19H31IO2/c20-19-12-5-15(13-22-19)2-1-14-3-6-16(7-4-14)17-8-10-18(21)11-9-17/h1-2,14-19,21H,3-13H2/b2-1+. The van der Waals surface area contributed by atoms with Crippen LogP contribution in [0.4, 0.5) is 0 Å². The van der Waals surface area contributed by atoms with Crippen molar-refractivity contribution in [2.24, 2.45) is 23.7 Å². The molecular formula is C19H31IO2. The maximum absolute atomic E-state index is 9.66. The summed E-state index contributed by atoms with van der Waals surface area (Å²) < 4.78 is 6.19. The summed E-state index contributed by atoms with van der Waals surface area (Å²) in [6.07, 6.45) is 17.6. The smallest absolute Gasteiger partial charge is 0.108 e. The average Bonchev–Trinajstić information content (AvgIpc) is 2.56. The number of hydrogen-bond donors (Lipinski definition) is 1. The summed E-state index contributed by atoms with van der Waals surface area (Å²) in [5, 5.41) is 9.66. The van der Waals surface area contributed by atoms with Gasteiger partial charge in [-0.1, -0.05) is 34.7 Å². The van der Waals surface area contributed by atoms with Gasteiger partial charge in [0, 0.05) is 5.92 Å². The first-order chi connectivity index (χ1) is 10.7. The van der Waals surface area contributed by atoms with Gasteiger partial charge in [-0.15, -0.1) is 0 Å². The Hall–Kier alpha value is 0.390. The van der Waals surface area contributed by atoms with Gasteiger partial charge in [0.05, 0.1) is 12.7 Å². The number of rotatable bonds is 3. The van der Waals surface area contributed by atoms with Gasteiger partial charge in [0.25, 0.3) is 0 Å². The summed E-state index contributed by atoms with van der Waals surface area (Å²) >= 11 is 2.40. The number of halogens is 1. The van der Waals surface area contributed by atoms with Gasteiger partial charge >= 0.3 is 0 Å². The molecule has 1 aliphatic heterocycles. The number of alkyl halides is 1. The van der Waals surface area contributed by atoms with Gasteiger partial charge in [-0.2, -0.15) is 0 Å². The molecule has 0 radical (unpaired) electrons. The summed E-state index contributed by atoms with van der Waals surface area (Å²) in [5.74, 6) is 3.31. The number of allylic oxidation sites excluding steroid dienone is 1. The van der Waals surface area contributed by atoms with Crippen molar-refractivity contribution in [3.63, 3.8) is 0 Å². The molecule has 3 rings (SSSR count). The van der Waals surface area contributed by atoms with Gasteiger partial charge in [0.15, 0.2) is 0 Å². The van der Waals surface area contributed by atoms with Crippen LogP contribution in [0.15, 0.2) is 12.2 Å². The maximum atomic E-state index is 9.66. The van der Waals surface area contributed by atoms with Crippen LogP contribution >= 0.6 is 22.6 Å². The lowest BCUT2D eigenvalue weighted by molar-refractivity contribution is 0.0582. The van der Waals surface area contributed by atoms with E-state index in [4.69, 9.17) is 4.74 Å². The van der Waals surface area contributed by atoms with Crippen molar-refractivity contribution < 1.29 is 9.84 Å². The van der Waals surface area contributed by atoms with Crippen molar-refractivity contribution in [2.45, 2.75) is 74.4 Å². The van der Waals surface area contributed by atoms with E-state index in [2.05, 4.69) is 34.7 Å². The monoisotopic (exact) mass is 418 g/mol. The molecule has 2 aliphatic carbocycles. The van der Waals surface area contributed by atoms with E-state index in [0.717, 1.165) is 37.2 Å². The molecule has 0 aromatic carbocycles. The van der Waals surface area contributed by atoms with Crippen LogP contribution in [0.5, 0.6) is 0 Å². The molecule has 2 atom stereocenters. The number of aliphatic hydroxyl groups excluding tert-OH is 1. The predicted molar refractivity (Wildman–Crippen MR) is 99.0 cm³/mol. The summed E-state index contributed by atoms with van der Waals surface area (Å²) in [7, 11) is 0. The minimum atomic E-state index is -0.00428. The lowest BCUT2D eigenvalue weighted by Crippen LogP contribution is -2.27. The Labute approximate surface area is 149 Å². The zero-order chi connectivity index (χ0) is 15.4. The summed E-state index contributed by atoms with van der Waals surface area (Å²) in [6.45, 7) is 0.920. The summed E-state index contributed by atoms with van der Waals surface area (Å²) in [4.78, 5) is 0. The average molecular weight is 418 g/mol. The van der Waals surface area contributed by atoms with Gasteiger partial charge < -0.3 is 9.84 Å². The van der Waals surface area contributed by atoms with Crippen LogP contribution in [-0.2, 0) is 4.74 Å². The Kier molecular flexibility index (Phi) is 6.64. The summed E-state index contributed by atoms with van der Waals surface area (Å²) in [5.41, 5.74) is 0. The highest BCUT2D eigenvalue weighted by molar-refractivity contribution is 14.1. The third-order valence-corrected chi connectivity index (χ3v) is 7.12. The quantitative estimate of drug-likeness (QED) is 0.393. The van der Waals surface area contributed by atoms with E-state index in [1.807, 2.05) is 0 Å². The van der Waals surface area contributed by atoms with Crippen LogP contribution in [0.25, 0.3) is 0 Å². The van der Waals surface area contributed by atoms with Gasteiger partial charge in [-0.05, 0) is 82.0 Å². The number of ether oxygens (including phenoxy) is 1. The molecule has 22 heavy (non-hydrogen) atoms. The lowest BCUT2D eigenvalue weighted by Gasteiger charge is -2.36. The van der Waals surface area contributed by atoms with Crippen LogP contribution in [0.2, 0.25) is 0 Å². The Balaban J connectivity index is 1.38. The third kappa shape index (κ3) is 4.94. The van der Waals surface area contributed by atoms with E-state index in [9.17, 15) is 5.11 Å². The van der Waals surface area contributed by atoms with Crippen molar-refractivity contribution in [1.82, 2.24) is 0 Å².